The van der Waals surface area contributed by atoms with Gasteiger partial charge in [-0.25, -0.2) is 0 Å². The van der Waals surface area contributed by atoms with E-state index in [0.717, 1.165) is 56.4 Å². The quantitative estimate of drug-likeness (QED) is 0.206. The molecule has 2 saturated heterocycles. The van der Waals surface area contributed by atoms with E-state index in [-0.39, 0.29) is 11.3 Å². The van der Waals surface area contributed by atoms with Crippen molar-refractivity contribution in [2.45, 2.75) is 45.6 Å². The van der Waals surface area contributed by atoms with Crippen LogP contribution in [0.5, 0.6) is 5.75 Å². The first kappa shape index (κ1) is 26.9. The van der Waals surface area contributed by atoms with Crippen LogP contribution < -0.4 is 4.74 Å². The van der Waals surface area contributed by atoms with Crippen molar-refractivity contribution in [2.75, 3.05) is 46.0 Å². The minimum absolute atomic E-state index is 0.128. The Labute approximate surface area is 219 Å². The lowest BCUT2D eigenvalue weighted by Gasteiger charge is -2.29. The molecule has 2 heterocycles. The van der Waals surface area contributed by atoms with Crippen molar-refractivity contribution in [3.63, 3.8) is 0 Å². The highest BCUT2D eigenvalue weighted by atomic mass is 16.5. The smallest absolute Gasteiger partial charge is 0.295 e. The number of hydrogen-bond donors (Lipinski definition) is 1. The first-order valence-corrected chi connectivity index (χ1v) is 13.4. The number of aliphatic hydroxyl groups excluding tert-OH is 1. The van der Waals surface area contributed by atoms with Crippen molar-refractivity contribution in [3.05, 3.63) is 70.8 Å². The van der Waals surface area contributed by atoms with Gasteiger partial charge in [-0.2, -0.15) is 0 Å². The Morgan fingerprint density at radius 3 is 2.51 bits per heavy atom. The second-order valence-electron chi connectivity index (χ2n) is 9.79. The van der Waals surface area contributed by atoms with Gasteiger partial charge in [0, 0.05) is 31.7 Å². The lowest BCUT2D eigenvalue weighted by Crippen LogP contribution is -2.38. The molecule has 0 saturated carbocycles. The molecular weight excluding hydrogens is 468 g/mol. The molecule has 0 aliphatic carbocycles. The van der Waals surface area contributed by atoms with Crippen molar-refractivity contribution < 1.29 is 24.2 Å². The highest BCUT2D eigenvalue weighted by molar-refractivity contribution is 6.46. The first-order valence-electron chi connectivity index (χ1n) is 13.4. The molecule has 7 heteroatoms. The molecule has 2 aromatic carbocycles. The number of likely N-dealkylation sites (tertiary alicyclic amines) is 1. The number of unbranched alkanes of at least 4 members (excludes halogenated alkanes) is 2. The SMILES string of the molecule is CCCCCOc1cccc(C2/C(=C(\O)c3ccc(C)cc3)C(=O)C(=O)N2CCCN2CCOCC2)c1. The van der Waals surface area contributed by atoms with Crippen LogP contribution in [0.25, 0.3) is 5.76 Å². The molecule has 0 aromatic heterocycles. The first-order chi connectivity index (χ1) is 18.0. The largest absolute Gasteiger partial charge is 0.507 e. The summed E-state index contributed by atoms with van der Waals surface area (Å²) < 4.78 is 11.4. The van der Waals surface area contributed by atoms with Gasteiger partial charge < -0.3 is 19.5 Å². The topological polar surface area (TPSA) is 79.3 Å². The second kappa shape index (κ2) is 12.9. The normalized spacial score (nSPS) is 19.9. The zero-order chi connectivity index (χ0) is 26.2. The predicted octanol–water partition coefficient (Wildman–Crippen LogP) is 4.71. The van der Waals surface area contributed by atoms with E-state index in [1.165, 1.54) is 0 Å². The van der Waals surface area contributed by atoms with Crippen LogP contribution >= 0.6 is 0 Å². The van der Waals surface area contributed by atoms with E-state index in [9.17, 15) is 14.7 Å². The summed E-state index contributed by atoms with van der Waals surface area (Å²) in [7, 11) is 0. The van der Waals surface area contributed by atoms with Crippen molar-refractivity contribution in [1.29, 1.82) is 0 Å². The molecule has 1 atom stereocenters. The molecule has 0 radical (unpaired) electrons. The molecular formula is C30H38N2O5. The van der Waals surface area contributed by atoms with Gasteiger partial charge in [-0.05, 0) is 37.5 Å². The number of Topliss-reactive ketones (excluding diaryl/α,β-unsaturated/α-hetero) is 1. The van der Waals surface area contributed by atoms with Crippen LogP contribution in [0, 0.1) is 6.92 Å². The van der Waals surface area contributed by atoms with E-state index >= 15 is 0 Å². The van der Waals surface area contributed by atoms with E-state index < -0.39 is 17.7 Å². The molecule has 0 bridgehead atoms. The Kier molecular flexibility index (Phi) is 9.36. The van der Waals surface area contributed by atoms with Gasteiger partial charge in [-0.1, -0.05) is 61.7 Å². The minimum Gasteiger partial charge on any atom is -0.507 e. The lowest BCUT2D eigenvalue weighted by atomic mass is 9.95. The summed E-state index contributed by atoms with van der Waals surface area (Å²) in [4.78, 5) is 30.5. The van der Waals surface area contributed by atoms with E-state index in [1.807, 2.05) is 43.3 Å². The Morgan fingerprint density at radius 2 is 1.78 bits per heavy atom. The number of rotatable bonds is 11. The molecule has 1 N–H and O–H groups in total. The number of ketones is 1. The number of carbonyl (C=O) groups excluding carboxylic acids is 2. The number of aryl methyl sites for hydroxylation is 1. The fourth-order valence-corrected chi connectivity index (χ4v) is 4.93. The lowest BCUT2D eigenvalue weighted by molar-refractivity contribution is -0.140. The molecule has 7 nitrogen and oxygen atoms in total. The van der Waals surface area contributed by atoms with Gasteiger partial charge in [-0.3, -0.25) is 14.5 Å². The number of amides is 1. The molecule has 1 amide bonds. The Balaban J connectivity index is 1.64. The highest BCUT2D eigenvalue weighted by Crippen LogP contribution is 2.40. The molecule has 37 heavy (non-hydrogen) atoms. The maximum atomic E-state index is 13.3. The molecule has 1 unspecified atom stereocenters. The zero-order valence-electron chi connectivity index (χ0n) is 21.9. The molecule has 0 spiro atoms. The number of hydrogen-bond acceptors (Lipinski definition) is 6. The monoisotopic (exact) mass is 506 g/mol. The predicted molar refractivity (Wildman–Crippen MR) is 144 cm³/mol. The third-order valence-electron chi connectivity index (χ3n) is 7.03. The van der Waals surface area contributed by atoms with Crippen LogP contribution in [0.4, 0.5) is 0 Å². The third-order valence-corrected chi connectivity index (χ3v) is 7.03. The van der Waals surface area contributed by atoms with Crippen LogP contribution in [0.2, 0.25) is 0 Å². The van der Waals surface area contributed by atoms with E-state index in [4.69, 9.17) is 9.47 Å². The van der Waals surface area contributed by atoms with Gasteiger partial charge in [0.25, 0.3) is 11.7 Å². The highest BCUT2D eigenvalue weighted by Gasteiger charge is 2.46. The van der Waals surface area contributed by atoms with Gasteiger partial charge in [0.1, 0.15) is 11.5 Å². The minimum atomic E-state index is -0.676. The van der Waals surface area contributed by atoms with Gasteiger partial charge >= 0.3 is 0 Å². The van der Waals surface area contributed by atoms with E-state index in [1.54, 1.807) is 17.0 Å². The average molecular weight is 507 g/mol. The van der Waals surface area contributed by atoms with Gasteiger partial charge in [0.05, 0.1) is 31.4 Å². The van der Waals surface area contributed by atoms with Crippen molar-refractivity contribution in [1.82, 2.24) is 9.80 Å². The van der Waals surface area contributed by atoms with Crippen LogP contribution in [0.15, 0.2) is 54.1 Å². The molecule has 2 aromatic rings. The summed E-state index contributed by atoms with van der Waals surface area (Å²) in [6.45, 7) is 9.12. The summed E-state index contributed by atoms with van der Waals surface area (Å²) in [5.41, 5.74) is 2.45. The van der Waals surface area contributed by atoms with Gasteiger partial charge in [-0.15, -0.1) is 0 Å². The molecule has 2 aliphatic rings. The van der Waals surface area contributed by atoms with Crippen LogP contribution in [0.3, 0.4) is 0 Å². The molecule has 198 valence electrons. The van der Waals surface area contributed by atoms with Crippen molar-refractivity contribution >= 4 is 17.4 Å². The van der Waals surface area contributed by atoms with Crippen LogP contribution in [-0.2, 0) is 14.3 Å². The Morgan fingerprint density at radius 1 is 1.03 bits per heavy atom. The average Bonchev–Trinajstić information content (AvgIpc) is 3.17. The number of morpholine rings is 1. The molecule has 2 aliphatic heterocycles. The van der Waals surface area contributed by atoms with Crippen LogP contribution in [0.1, 0.15) is 55.3 Å². The summed E-state index contributed by atoms with van der Waals surface area (Å²) in [5.74, 6) is -0.672. The Hall–Kier alpha value is -3.16. The summed E-state index contributed by atoms with van der Waals surface area (Å²) in [6, 6.07) is 14.2. The fraction of sp³-hybridized carbons (Fsp3) is 0.467. The summed E-state index contributed by atoms with van der Waals surface area (Å²) >= 11 is 0. The third kappa shape index (κ3) is 6.59. The number of nitrogens with zero attached hydrogens (tertiary/aromatic N) is 2. The maximum absolute atomic E-state index is 13.3. The van der Waals surface area contributed by atoms with Gasteiger partial charge in [0.15, 0.2) is 0 Å². The van der Waals surface area contributed by atoms with Crippen molar-refractivity contribution in [2.24, 2.45) is 0 Å². The number of carbonyl (C=O) groups is 2. The molecule has 2 fully saturated rings. The Bertz CT molecular complexity index is 1110. The zero-order valence-corrected chi connectivity index (χ0v) is 21.9. The number of ether oxygens (including phenoxy) is 2. The summed E-state index contributed by atoms with van der Waals surface area (Å²) in [5, 5.41) is 11.3. The summed E-state index contributed by atoms with van der Waals surface area (Å²) in [6.07, 6.45) is 3.90. The van der Waals surface area contributed by atoms with E-state index in [0.29, 0.717) is 37.7 Å². The van der Waals surface area contributed by atoms with Gasteiger partial charge in [0.2, 0.25) is 0 Å². The number of benzene rings is 2. The fourth-order valence-electron chi connectivity index (χ4n) is 4.93. The number of aliphatic hydroxyl groups is 1. The van der Waals surface area contributed by atoms with E-state index in [2.05, 4.69) is 11.8 Å². The van der Waals surface area contributed by atoms with Crippen LogP contribution in [-0.4, -0.2) is 72.6 Å². The van der Waals surface area contributed by atoms with Crippen molar-refractivity contribution in [3.8, 4) is 5.75 Å². The standard InChI is InChI=1S/C30H38N2O5/c1-3-4-5-18-37-25-9-6-8-24(21-25)27-26(28(33)23-12-10-22(2)11-13-23)29(34)30(35)32(27)15-7-14-31-16-19-36-20-17-31/h6,8-13,21,27,33H,3-5,7,14-20H2,1-2H3/b28-26+. The molecule has 4 rings (SSSR count). The second-order valence-corrected chi connectivity index (χ2v) is 9.79. The maximum Gasteiger partial charge on any atom is 0.295 e.